The number of carbonyl (C=O) groups is 1. The number of nitrogens with two attached hydrogens (primary N) is 1. The molecule has 3 N–H and O–H groups in total. The monoisotopic (exact) mass is 293 g/mol. The van der Waals surface area contributed by atoms with E-state index in [1.807, 2.05) is 6.92 Å². The molecule has 0 radical (unpaired) electrons. The highest BCUT2D eigenvalue weighted by Crippen LogP contribution is 2.21. The highest BCUT2D eigenvalue weighted by atomic mass is 16.2. The molecule has 0 unspecified atom stereocenters. The number of likely N-dealkylation sites (tertiary alicyclic amines) is 1. The summed E-state index contributed by atoms with van der Waals surface area (Å²) in [6.07, 6.45) is 1.94. The quantitative estimate of drug-likeness (QED) is 0.862. The average Bonchev–Trinajstić information content (AvgIpc) is 2.62. The van der Waals surface area contributed by atoms with Crippen molar-refractivity contribution in [3.63, 3.8) is 0 Å². The van der Waals surface area contributed by atoms with Crippen LogP contribution in [-0.2, 0) is 7.05 Å². The van der Waals surface area contributed by atoms with Crippen molar-refractivity contribution < 1.29 is 4.79 Å². The van der Waals surface area contributed by atoms with Crippen molar-refractivity contribution in [2.75, 3.05) is 18.8 Å². The van der Waals surface area contributed by atoms with Crippen LogP contribution < -0.4 is 11.1 Å². The number of carbonyl (C=O) groups excluding carboxylic acids is 1. The van der Waals surface area contributed by atoms with E-state index in [4.69, 9.17) is 5.73 Å². The zero-order valence-electron chi connectivity index (χ0n) is 13.7. The summed E-state index contributed by atoms with van der Waals surface area (Å²) in [7, 11) is 1.75. The fraction of sp³-hybridized carbons (Fsp3) is 0.733. The molecule has 1 amide bonds. The smallest absolute Gasteiger partial charge is 0.271 e. The lowest BCUT2D eigenvalue weighted by Gasteiger charge is -2.41. The van der Waals surface area contributed by atoms with Gasteiger partial charge >= 0.3 is 0 Å². The maximum Gasteiger partial charge on any atom is 0.271 e. The molecule has 0 atom stereocenters. The summed E-state index contributed by atoms with van der Waals surface area (Å²) in [5.41, 5.74) is 7.77. The molecule has 118 valence electrons. The minimum Gasteiger partial charge on any atom is -0.395 e. The summed E-state index contributed by atoms with van der Waals surface area (Å²) in [5.74, 6) is -0.121. The van der Waals surface area contributed by atoms with E-state index in [2.05, 4.69) is 36.1 Å². The van der Waals surface area contributed by atoms with Crippen molar-refractivity contribution in [1.82, 2.24) is 20.0 Å². The van der Waals surface area contributed by atoms with Crippen molar-refractivity contribution >= 4 is 11.6 Å². The Kier molecular flexibility index (Phi) is 4.27. The summed E-state index contributed by atoms with van der Waals surface area (Å²) >= 11 is 0. The lowest BCUT2D eigenvalue weighted by molar-refractivity contribution is 0.0807. The van der Waals surface area contributed by atoms with Crippen molar-refractivity contribution in [2.45, 2.75) is 52.1 Å². The third kappa shape index (κ3) is 3.37. The molecule has 0 aliphatic carbocycles. The molecule has 1 fully saturated rings. The number of aryl methyl sites for hydroxylation is 2. The number of nitrogen functional groups attached to an aromatic ring is 1. The second-order valence-corrected chi connectivity index (χ2v) is 6.88. The van der Waals surface area contributed by atoms with Gasteiger partial charge in [-0.25, -0.2) is 0 Å². The van der Waals surface area contributed by atoms with Crippen LogP contribution >= 0.6 is 0 Å². The molecule has 6 heteroatoms. The van der Waals surface area contributed by atoms with Gasteiger partial charge in [-0.3, -0.25) is 14.4 Å². The highest BCUT2D eigenvalue weighted by Gasteiger charge is 2.28. The molecule has 0 bridgehead atoms. The highest BCUT2D eigenvalue weighted by molar-refractivity contribution is 5.98. The van der Waals surface area contributed by atoms with Gasteiger partial charge in [-0.15, -0.1) is 0 Å². The van der Waals surface area contributed by atoms with Gasteiger partial charge in [0.2, 0.25) is 0 Å². The van der Waals surface area contributed by atoms with Crippen LogP contribution in [0.15, 0.2) is 0 Å². The van der Waals surface area contributed by atoms with E-state index >= 15 is 0 Å². The Bertz CT molecular complexity index is 521. The van der Waals surface area contributed by atoms with Gasteiger partial charge in [0.05, 0.1) is 11.4 Å². The fourth-order valence-electron chi connectivity index (χ4n) is 2.89. The van der Waals surface area contributed by atoms with Gasteiger partial charge in [0.25, 0.3) is 5.91 Å². The number of anilines is 1. The molecule has 0 spiro atoms. The molecule has 6 nitrogen and oxygen atoms in total. The Morgan fingerprint density at radius 1 is 1.33 bits per heavy atom. The van der Waals surface area contributed by atoms with Crippen LogP contribution in [0.3, 0.4) is 0 Å². The summed E-state index contributed by atoms with van der Waals surface area (Å²) in [6.45, 7) is 10.5. The van der Waals surface area contributed by atoms with E-state index in [0.717, 1.165) is 25.9 Å². The molecule has 2 rings (SSSR count). The molecule has 1 aromatic rings. The van der Waals surface area contributed by atoms with Gasteiger partial charge in [-0.2, -0.15) is 5.10 Å². The number of nitrogens with one attached hydrogen (secondary N) is 1. The van der Waals surface area contributed by atoms with Gasteiger partial charge in [-0.1, -0.05) is 0 Å². The summed E-state index contributed by atoms with van der Waals surface area (Å²) in [4.78, 5) is 14.8. The number of hydrogen-bond donors (Lipinski definition) is 2. The van der Waals surface area contributed by atoms with Crippen LogP contribution in [0.5, 0.6) is 0 Å². The maximum absolute atomic E-state index is 12.4. The molecule has 1 aliphatic rings. The Morgan fingerprint density at radius 3 is 2.33 bits per heavy atom. The van der Waals surface area contributed by atoms with Crippen LogP contribution in [0.4, 0.5) is 5.69 Å². The van der Waals surface area contributed by atoms with E-state index in [1.165, 1.54) is 0 Å². The van der Waals surface area contributed by atoms with Gasteiger partial charge in [0, 0.05) is 31.7 Å². The first-order valence-corrected chi connectivity index (χ1v) is 7.55. The number of rotatable bonds is 2. The Hall–Kier alpha value is -1.56. The van der Waals surface area contributed by atoms with Crippen LogP contribution in [0.1, 0.15) is 49.8 Å². The third-order valence-electron chi connectivity index (χ3n) is 4.26. The van der Waals surface area contributed by atoms with E-state index in [0.29, 0.717) is 17.1 Å². The maximum atomic E-state index is 12.4. The number of nitrogens with zero attached hydrogens (tertiary/aromatic N) is 3. The lowest BCUT2D eigenvalue weighted by atomic mass is 9.98. The van der Waals surface area contributed by atoms with Crippen LogP contribution in [-0.4, -0.2) is 45.3 Å². The summed E-state index contributed by atoms with van der Waals surface area (Å²) in [6, 6.07) is 0.214. The van der Waals surface area contributed by atoms with Crippen LogP contribution in [0.2, 0.25) is 0 Å². The zero-order chi connectivity index (χ0) is 15.8. The minimum absolute atomic E-state index is 0.121. The molecule has 1 aromatic heterocycles. The largest absolute Gasteiger partial charge is 0.395 e. The van der Waals surface area contributed by atoms with E-state index in [9.17, 15) is 4.79 Å². The second kappa shape index (κ2) is 5.67. The Balaban J connectivity index is 1.96. The standard InChI is InChI=1S/C15H27N5O/c1-10-12(16)13(19(5)18-10)14(21)17-11-6-8-20(9-7-11)15(2,3)4/h11H,6-9,16H2,1-5H3,(H,17,21). The van der Waals surface area contributed by atoms with Crippen molar-refractivity contribution in [2.24, 2.45) is 7.05 Å². The van der Waals surface area contributed by atoms with E-state index in [-0.39, 0.29) is 17.5 Å². The molecule has 1 saturated heterocycles. The van der Waals surface area contributed by atoms with Gasteiger partial charge in [0.15, 0.2) is 0 Å². The van der Waals surface area contributed by atoms with Crippen molar-refractivity contribution in [1.29, 1.82) is 0 Å². The molecule has 0 saturated carbocycles. The van der Waals surface area contributed by atoms with Gasteiger partial charge in [-0.05, 0) is 40.5 Å². The first kappa shape index (κ1) is 15.8. The lowest BCUT2D eigenvalue weighted by Crippen LogP contribution is -2.51. The summed E-state index contributed by atoms with van der Waals surface area (Å²) < 4.78 is 1.56. The number of hydrogen-bond acceptors (Lipinski definition) is 4. The molecule has 0 aromatic carbocycles. The summed E-state index contributed by atoms with van der Waals surface area (Å²) in [5, 5.41) is 7.29. The molecular formula is C15H27N5O. The fourth-order valence-corrected chi connectivity index (χ4v) is 2.89. The first-order valence-electron chi connectivity index (χ1n) is 7.55. The molecule has 21 heavy (non-hydrogen) atoms. The second-order valence-electron chi connectivity index (χ2n) is 6.88. The normalized spacial score (nSPS) is 18.0. The van der Waals surface area contributed by atoms with Gasteiger partial charge < -0.3 is 11.1 Å². The molecule has 2 heterocycles. The third-order valence-corrected chi connectivity index (χ3v) is 4.26. The number of piperidine rings is 1. The van der Waals surface area contributed by atoms with Gasteiger partial charge in [0.1, 0.15) is 5.69 Å². The molecule has 1 aliphatic heterocycles. The number of aromatic nitrogens is 2. The predicted octanol–water partition coefficient (Wildman–Crippen LogP) is 1.30. The van der Waals surface area contributed by atoms with Crippen molar-refractivity contribution in [3.05, 3.63) is 11.4 Å². The first-order chi connectivity index (χ1) is 9.70. The predicted molar refractivity (Wildman–Crippen MR) is 84.2 cm³/mol. The zero-order valence-corrected chi connectivity index (χ0v) is 13.7. The average molecular weight is 293 g/mol. The van der Waals surface area contributed by atoms with Crippen molar-refractivity contribution in [3.8, 4) is 0 Å². The topological polar surface area (TPSA) is 76.2 Å². The SMILES string of the molecule is Cc1nn(C)c(C(=O)NC2CCN(C(C)(C)C)CC2)c1N. The van der Waals surface area contributed by atoms with Crippen LogP contribution in [0, 0.1) is 6.92 Å². The Morgan fingerprint density at radius 2 is 1.90 bits per heavy atom. The van der Waals surface area contributed by atoms with E-state index in [1.54, 1.807) is 11.7 Å². The minimum atomic E-state index is -0.121. The van der Waals surface area contributed by atoms with E-state index < -0.39 is 0 Å². The van der Waals surface area contributed by atoms with Crippen LogP contribution in [0.25, 0.3) is 0 Å². The Labute approximate surface area is 126 Å². The molecular weight excluding hydrogens is 266 g/mol. The number of amides is 1.